The largest absolute Gasteiger partial charge is 0.492 e. The Morgan fingerprint density at radius 3 is 2.21 bits per heavy atom. The summed E-state index contributed by atoms with van der Waals surface area (Å²) in [5.74, 6) is -2.24. The molecular formula is C23H24O10. The fraction of sp³-hybridized carbons (Fsp3) is 0.348. The zero-order valence-corrected chi connectivity index (χ0v) is 18.3. The minimum Gasteiger partial charge on any atom is -0.492 e. The van der Waals surface area contributed by atoms with Gasteiger partial charge in [0.1, 0.15) is 11.5 Å². The molecule has 2 N–H and O–H groups in total. The van der Waals surface area contributed by atoms with Crippen LogP contribution in [0.2, 0.25) is 0 Å². The van der Waals surface area contributed by atoms with Crippen LogP contribution < -0.4 is 9.47 Å². The summed E-state index contributed by atoms with van der Waals surface area (Å²) in [4.78, 5) is 37.5. The third-order valence-corrected chi connectivity index (χ3v) is 4.89. The van der Waals surface area contributed by atoms with Gasteiger partial charge in [0.15, 0.2) is 23.6 Å². The predicted molar refractivity (Wildman–Crippen MR) is 112 cm³/mol. The molecule has 0 amide bonds. The highest BCUT2D eigenvalue weighted by Gasteiger charge is 2.35. The molecule has 10 heteroatoms. The standard InChI is InChI=1S/C23H24O10/c1-12(32-15(11-25)6-7-24)31-14-4-5-16-17(10-14)33-23(22(28)20(16)26)13-8-18(29-2)21(27)19(9-13)30-3/h4-5,8-10,12,15,24-25H,6-7,11H2,1-3H3. The molecule has 0 fully saturated rings. The number of carbonyl (C=O) groups excluding carboxylic acids is 3. The molecule has 0 radical (unpaired) electrons. The molecule has 1 aromatic rings. The van der Waals surface area contributed by atoms with E-state index in [0.717, 1.165) is 0 Å². The lowest BCUT2D eigenvalue weighted by Crippen LogP contribution is -2.29. The lowest BCUT2D eigenvalue weighted by molar-refractivity contribution is -0.125. The molecule has 2 atom stereocenters. The second-order valence-electron chi connectivity index (χ2n) is 7.10. The van der Waals surface area contributed by atoms with Crippen molar-refractivity contribution in [3.8, 4) is 11.5 Å². The van der Waals surface area contributed by atoms with Crippen molar-refractivity contribution >= 4 is 17.3 Å². The summed E-state index contributed by atoms with van der Waals surface area (Å²) in [5.41, 5.74) is 0.197. The van der Waals surface area contributed by atoms with Gasteiger partial charge in [-0.2, -0.15) is 0 Å². The van der Waals surface area contributed by atoms with Crippen LogP contribution in [0.4, 0.5) is 0 Å². The average molecular weight is 460 g/mol. The van der Waals surface area contributed by atoms with Crippen molar-refractivity contribution in [1.82, 2.24) is 0 Å². The lowest BCUT2D eigenvalue weighted by Gasteiger charge is -2.23. The van der Waals surface area contributed by atoms with E-state index >= 15 is 0 Å². The van der Waals surface area contributed by atoms with Gasteiger partial charge in [-0.3, -0.25) is 14.4 Å². The molecule has 0 bridgehead atoms. The van der Waals surface area contributed by atoms with Gasteiger partial charge in [-0.1, -0.05) is 0 Å². The van der Waals surface area contributed by atoms with E-state index in [1.807, 2.05) is 0 Å². The van der Waals surface area contributed by atoms with Gasteiger partial charge in [-0.25, -0.2) is 0 Å². The number of carbonyl (C=O) groups is 3. The first-order valence-corrected chi connectivity index (χ1v) is 10.1. The summed E-state index contributed by atoms with van der Waals surface area (Å²) >= 11 is 0. The topological polar surface area (TPSA) is 138 Å². The predicted octanol–water partition coefficient (Wildman–Crippen LogP) is 1.21. The summed E-state index contributed by atoms with van der Waals surface area (Å²) < 4.78 is 27.0. The molecule has 2 unspecified atom stereocenters. The Kier molecular flexibility index (Phi) is 7.64. The van der Waals surface area contributed by atoms with Crippen molar-refractivity contribution in [2.45, 2.75) is 25.7 Å². The molecule has 2 aliphatic rings. The normalized spacial score (nSPS) is 17.5. The van der Waals surface area contributed by atoms with Crippen LogP contribution in [-0.2, 0) is 23.8 Å². The van der Waals surface area contributed by atoms with Crippen molar-refractivity contribution in [1.29, 1.82) is 0 Å². The van der Waals surface area contributed by atoms with E-state index in [1.165, 1.54) is 44.6 Å². The molecule has 3 rings (SSSR count). The fourth-order valence-corrected chi connectivity index (χ4v) is 3.27. The number of hydrogen-bond acceptors (Lipinski definition) is 10. The minimum absolute atomic E-state index is 0.0533. The van der Waals surface area contributed by atoms with E-state index in [0.29, 0.717) is 0 Å². The van der Waals surface area contributed by atoms with Gasteiger partial charge in [0, 0.05) is 18.2 Å². The third-order valence-electron chi connectivity index (χ3n) is 4.89. The van der Waals surface area contributed by atoms with Crippen LogP contribution in [0.15, 0.2) is 53.2 Å². The molecule has 1 aromatic carbocycles. The van der Waals surface area contributed by atoms with E-state index in [9.17, 15) is 19.5 Å². The highest BCUT2D eigenvalue weighted by atomic mass is 16.7. The Bertz CT molecular complexity index is 1020. The van der Waals surface area contributed by atoms with Crippen molar-refractivity contribution in [2.24, 2.45) is 0 Å². The number of ketones is 3. The summed E-state index contributed by atoms with van der Waals surface area (Å²) in [6.45, 7) is 1.17. The monoisotopic (exact) mass is 460 g/mol. The molecule has 1 heterocycles. The number of fused-ring (bicyclic) bond motifs is 1. The fourth-order valence-electron chi connectivity index (χ4n) is 3.27. The zero-order chi connectivity index (χ0) is 24.1. The molecule has 0 aromatic heterocycles. The summed E-state index contributed by atoms with van der Waals surface area (Å²) in [5, 5.41) is 18.3. The Hall–Kier alpha value is -3.47. The zero-order valence-electron chi connectivity index (χ0n) is 18.3. The van der Waals surface area contributed by atoms with E-state index in [4.69, 9.17) is 28.8 Å². The van der Waals surface area contributed by atoms with E-state index in [2.05, 4.69) is 0 Å². The average Bonchev–Trinajstić information content (AvgIpc) is 2.81. The molecule has 1 aliphatic carbocycles. The van der Waals surface area contributed by atoms with E-state index in [-0.39, 0.29) is 59.5 Å². The number of rotatable bonds is 9. The van der Waals surface area contributed by atoms with Crippen LogP contribution in [0.25, 0.3) is 0 Å². The minimum atomic E-state index is -0.884. The SMILES string of the molecule is COC1=CC(=C2Oc3cc(OC(C)OC(CO)CCO)ccc3C(=O)C2=O)C=C(OC)C1=O. The highest BCUT2D eigenvalue weighted by molar-refractivity contribution is 6.50. The van der Waals surface area contributed by atoms with Crippen LogP contribution >= 0.6 is 0 Å². The van der Waals surface area contributed by atoms with Crippen LogP contribution in [0.1, 0.15) is 23.7 Å². The maximum atomic E-state index is 12.7. The maximum Gasteiger partial charge on any atom is 0.269 e. The Morgan fingerprint density at radius 2 is 1.64 bits per heavy atom. The number of aliphatic hydroxyl groups excluding tert-OH is 2. The van der Waals surface area contributed by atoms with Gasteiger partial charge in [0.25, 0.3) is 11.6 Å². The first kappa shape index (κ1) is 24.2. The van der Waals surface area contributed by atoms with Gasteiger partial charge in [-0.15, -0.1) is 0 Å². The van der Waals surface area contributed by atoms with Crippen molar-refractivity contribution in [3.05, 3.63) is 58.8 Å². The van der Waals surface area contributed by atoms with Crippen LogP contribution in [0.3, 0.4) is 0 Å². The molecule has 33 heavy (non-hydrogen) atoms. The number of methoxy groups -OCH3 is 2. The van der Waals surface area contributed by atoms with Gasteiger partial charge >= 0.3 is 0 Å². The number of aliphatic hydroxyl groups is 2. The second-order valence-corrected chi connectivity index (χ2v) is 7.10. The molecule has 0 spiro atoms. The molecule has 0 saturated heterocycles. The van der Waals surface area contributed by atoms with Gasteiger partial charge in [0.05, 0.1) is 32.5 Å². The maximum absolute atomic E-state index is 12.7. The van der Waals surface area contributed by atoms with Gasteiger partial charge < -0.3 is 33.9 Å². The number of allylic oxidation sites excluding steroid dienone is 4. The summed E-state index contributed by atoms with van der Waals surface area (Å²) in [6, 6.07) is 4.31. The van der Waals surface area contributed by atoms with Crippen LogP contribution in [0, 0.1) is 0 Å². The quantitative estimate of drug-likeness (QED) is 0.314. The Morgan fingerprint density at radius 1 is 0.970 bits per heavy atom. The molecule has 10 nitrogen and oxygen atoms in total. The number of benzene rings is 1. The van der Waals surface area contributed by atoms with E-state index in [1.54, 1.807) is 6.92 Å². The van der Waals surface area contributed by atoms with E-state index < -0.39 is 29.7 Å². The smallest absolute Gasteiger partial charge is 0.269 e. The first-order valence-electron chi connectivity index (χ1n) is 10.1. The second kappa shape index (κ2) is 10.4. The van der Waals surface area contributed by atoms with Crippen LogP contribution in [-0.4, -0.2) is 67.4 Å². The molecule has 1 aliphatic heterocycles. The Balaban J connectivity index is 1.91. The molecule has 0 saturated carbocycles. The summed E-state index contributed by atoms with van der Waals surface area (Å²) in [6.07, 6.45) is 1.44. The summed E-state index contributed by atoms with van der Waals surface area (Å²) in [7, 11) is 2.59. The number of ether oxygens (including phenoxy) is 5. The first-order chi connectivity index (χ1) is 15.8. The van der Waals surface area contributed by atoms with Gasteiger partial charge in [-0.05, 0) is 37.6 Å². The van der Waals surface area contributed by atoms with Crippen molar-refractivity contribution in [3.63, 3.8) is 0 Å². The molecule has 176 valence electrons. The van der Waals surface area contributed by atoms with Crippen molar-refractivity contribution < 1.29 is 48.3 Å². The molecular weight excluding hydrogens is 436 g/mol. The number of Topliss-reactive ketones (excluding diaryl/α,β-unsaturated/α-hetero) is 3. The number of hydrogen-bond donors (Lipinski definition) is 2. The van der Waals surface area contributed by atoms with Gasteiger partial charge in [0.2, 0.25) is 5.78 Å². The van der Waals surface area contributed by atoms with Crippen molar-refractivity contribution in [2.75, 3.05) is 27.4 Å². The van der Waals surface area contributed by atoms with Crippen LogP contribution in [0.5, 0.6) is 11.5 Å². The third kappa shape index (κ3) is 5.14. The lowest BCUT2D eigenvalue weighted by atomic mass is 9.96. The Labute approximate surface area is 189 Å². The highest BCUT2D eigenvalue weighted by Crippen LogP contribution is 2.34.